The van der Waals surface area contributed by atoms with E-state index in [9.17, 15) is 4.79 Å². The Morgan fingerprint density at radius 1 is 1.38 bits per heavy atom. The normalized spacial score (nSPS) is 10.4. The second-order valence-electron chi connectivity index (χ2n) is 5.28. The smallest absolute Gasteiger partial charge is 0.233 e. The Hall–Kier alpha value is -2.40. The number of rotatable bonds is 7. The summed E-state index contributed by atoms with van der Waals surface area (Å²) >= 11 is 1.30. The summed E-state index contributed by atoms with van der Waals surface area (Å²) < 4.78 is 1.67. The van der Waals surface area contributed by atoms with Gasteiger partial charge in [-0.2, -0.15) is 9.94 Å². The highest BCUT2D eigenvalue weighted by Crippen LogP contribution is 2.23. The van der Waals surface area contributed by atoms with Gasteiger partial charge < -0.3 is 4.90 Å². The number of hydrogen-bond donors (Lipinski definition) is 0. The standard InChI is InChI=1S/C16H20N6OS/c1-4-21(10-6-9-17)14(23)11-24-16-18-19-20-22(16)15-12(2)7-5-8-13(15)3/h5,7-8H,4,6,10-11H2,1-3H3. The number of hydrogen-bond acceptors (Lipinski definition) is 6. The van der Waals surface area contributed by atoms with Crippen LogP contribution < -0.4 is 0 Å². The SMILES string of the molecule is CCN(CCC#N)C(=O)CSc1nnnn1-c1c(C)cccc1C. The number of aromatic nitrogens is 4. The highest BCUT2D eigenvalue weighted by atomic mass is 32.2. The van der Waals surface area contributed by atoms with Gasteiger partial charge in [0.2, 0.25) is 11.1 Å². The number of carbonyl (C=O) groups excluding carboxylic acids is 1. The molecule has 0 aliphatic heterocycles. The van der Waals surface area contributed by atoms with Crippen molar-refractivity contribution in [1.82, 2.24) is 25.1 Å². The number of nitrogens with zero attached hydrogens (tertiary/aromatic N) is 6. The largest absolute Gasteiger partial charge is 0.341 e. The topological polar surface area (TPSA) is 87.7 Å². The highest BCUT2D eigenvalue weighted by molar-refractivity contribution is 7.99. The van der Waals surface area contributed by atoms with Gasteiger partial charge in [0.15, 0.2) is 0 Å². The molecule has 0 atom stereocenters. The zero-order valence-electron chi connectivity index (χ0n) is 14.1. The monoisotopic (exact) mass is 344 g/mol. The van der Waals surface area contributed by atoms with Crippen molar-refractivity contribution < 1.29 is 4.79 Å². The minimum absolute atomic E-state index is 0.0196. The first-order chi connectivity index (χ1) is 11.6. The molecule has 0 bridgehead atoms. The van der Waals surface area contributed by atoms with Crippen molar-refractivity contribution in [2.24, 2.45) is 0 Å². The molecule has 7 nitrogen and oxygen atoms in total. The van der Waals surface area contributed by atoms with Crippen molar-refractivity contribution in [2.75, 3.05) is 18.8 Å². The Bertz CT molecular complexity index is 731. The molecule has 1 amide bonds. The van der Waals surface area contributed by atoms with Crippen molar-refractivity contribution in [2.45, 2.75) is 32.3 Å². The molecule has 1 heterocycles. The number of thioether (sulfide) groups is 1. The van der Waals surface area contributed by atoms with Gasteiger partial charge in [0.25, 0.3) is 0 Å². The number of carbonyl (C=O) groups is 1. The van der Waals surface area contributed by atoms with E-state index in [1.54, 1.807) is 9.58 Å². The van der Waals surface area contributed by atoms with Gasteiger partial charge in [0.1, 0.15) is 0 Å². The molecule has 0 N–H and O–H groups in total. The summed E-state index contributed by atoms with van der Waals surface area (Å²) in [6.07, 6.45) is 0.338. The first-order valence-electron chi connectivity index (χ1n) is 7.71. The quantitative estimate of drug-likeness (QED) is 0.715. The molecule has 2 aromatic rings. The van der Waals surface area contributed by atoms with Crippen LogP contribution >= 0.6 is 11.8 Å². The summed E-state index contributed by atoms with van der Waals surface area (Å²) in [6, 6.07) is 8.06. The summed E-state index contributed by atoms with van der Waals surface area (Å²) in [5, 5.41) is 21.1. The Morgan fingerprint density at radius 2 is 2.08 bits per heavy atom. The molecular weight excluding hydrogens is 324 g/mol. The molecular formula is C16H20N6OS. The molecule has 0 saturated carbocycles. The van der Waals surface area contributed by atoms with E-state index in [0.29, 0.717) is 24.7 Å². The van der Waals surface area contributed by atoms with Gasteiger partial charge in [-0.25, -0.2) is 0 Å². The minimum atomic E-state index is -0.0196. The summed E-state index contributed by atoms with van der Waals surface area (Å²) in [5.74, 6) is 0.221. The van der Waals surface area contributed by atoms with Crippen molar-refractivity contribution in [3.63, 3.8) is 0 Å². The van der Waals surface area contributed by atoms with Crippen LogP contribution in [0.2, 0.25) is 0 Å². The van der Waals surface area contributed by atoms with E-state index in [2.05, 4.69) is 21.6 Å². The van der Waals surface area contributed by atoms with Gasteiger partial charge in [-0.1, -0.05) is 30.0 Å². The molecule has 8 heteroatoms. The fourth-order valence-corrected chi connectivity index (χ4v) is 3.19. The number of amides is 1. The lowest BCUT2D eigenvalue weighted by molar-refractivity contribution is -0.128. The van der Waals surface area contributed by atoms with Crippen LogP contribution in [0.3, 0.4) is 0 Å². The third-order valence-electron chi connectivity index (χ3n) is 3.64. The Labute approximate surface area is 145 Å². The average Bonchev–Trinajstić information content (AvgIpc) is 3.01. The zero-order chi connectivity index (χ0) is 17.5. The summed E-state index contributed by atoms with van der Waals surface area (Å²) in [5.41, 5.74) is 3.08. The van der Waals surface area contributed by atoms with E-state index in [1.165, 1.54) is 11.8 Å². The summed E-state index contributed by atoms with van der Waals surface area (Å²) in [6.45, 7) is 6.95. The molecule has 0 fully saturated rings. The predicted octanol–water partition coefficient (Wildman–Crippen LogP) is 2.13. The first-order valence-corrected chi connectivity index (χ1v) is 8.69. The van der Waals surface area contributed by atoms with Crippen LogP contribution in [0.5, 0.6) is 0 Å². The number of tetrazole rings is 1. The predicted molar refractivity (Wildman–Crippen MR) is 91.8 cm³/mol. The lowest BCUT2D eigenvalue weighted by Gasteiger charge is -2.19. The van der Waals surface area contributed by atoms with Crippen LogP contribution in [0.25, 0.3) is 5.69 Å². The van der Waals surface area contributed by atoms with Crippen LogP contribution in [-0.4, -0.2) is 49.9 Å². The molecule has 126 valence electrons. The van der Waals surface area contributed by atoms with Crippen molar-refractivity contribution in [1.29, 1.82) is 5.26 Å². The molecule has 0 unspecified atom stereocenters. The second-order valence-corrected chi connectivity index (χ2v) is 6.23. The van der Waals surface area contributed by atoms with Crippen molar-refractivity contribution >= 4 is 17.7 Å². The lowest BCUT2D eigenvalue weighted by atomic mass is 10.1. The molecule has 0 aliphatic carbocycles. The summed E-state index contributed by atoms with van der Waals surface area (Å²) in [4.78, 5) is 13.9. The third kappa shape index (κ3) is 4.11. The van der Waals surface area contributed by atoms with E-state index in [4.69, 9.17) is 5.26 Å². The molecule has 0 aliphatic rings. The fourth-order valence-electron chi connectivity index (χ4n) is 2.41. The maximum atomic E-state index is 12.3. The van der Waals surface area contributed by atoms with Crippen LogP contribution in [0.4, 0.5) is 0 Å². The molecule has 0 saturated heterocycles. The Morgan fingerprint density at radius 3 is 2.71 bits per heavy atom. The maximum Gasteiger partial charge on any atom is 0.233 e. The molecule has 1 aromatic heterocycles. The second kappa shape index (κ2) is 8.45. The number of aryl methyl sites for hydroxylation is 2. The summed E-state index contributed by atoms with van der Waals surface area (Å²) in [7, 11) is 0. The van der Waals surface area contributed by atoms with Crippen LogP contribution in [-0.2, 0) is 4.79 Å². The van der Waals surface area contributed by atoms with E-state index in [1.807, 2.05) is 39.0 Å². The van der Waals surface area contributed by atoms with Crippen molar-refractivity contribution in [3.8, 4) is 11.8 Å². The van der Waals surface area contributed by atoms with Gasteiger partial charge in [-0.3, -0.25) is 4.79 Å². The number of nitriles is 1. The lowest BCUT2D eigenvalue weighted by Crippen LogP contribution is -2.33. The number of benzene rings is 1. The Balaban J connectivity index is 2.12. The van der Waals surface area contributed by atoms with Crippen LogP contribution in [0.1, 0.15) is 24.5 Å². The third-order valence-corrected chi connectivity index (χ3v) is 4.55. The Kier molecular flexibility index (Phi) is 6.32. The maximum absolute atomic E-state index is 12.3. The zero-order valence-corrected chi connectivity index (χ0v) is 14.9. The van der Waals surface area contributed by atoms with Gasteiger partial charge >= 0.3 is 0 Å². The van der Waals surface area contributed by atoms with E-state index in [-0.39, 0.29) is 11.7 Å². The molecule has 1 aromatic carbocycles. The number of para-hydroxylation sites is 1. The van der Waals surface area contributed by atoms with Crippen LogP contribution in [0.15, 0.2) is 23.4 Å². The van der Waals surface area contributed by atoms with E-state index >= 15 is 0 Å². The van der Waals surface area contributed by atoms with E-state index < -0.39 is 0 Å². The first kappa shape index (κ1) is 17.9. The minimum Gasteiger partial charge on any atom is -0.341 e. The molecule has 2 rings (SSSR count). The van der Waals surface area contributed by atoms with Gasteiger partial charge in [0.05, 0.1) is 23.9 Å². The van der Waals surface area contributed by atoms with Crippen molar-refractivity contribution in [3.05, 3.63) is 29.3 Å². The highest BCUT2D eigenvalue weighted by Gasteiger charge is 2.17. The van der Waals surface area contributed by atoms with Crippen LogP contribution in [0, 0.1) is 25.2 Å². The molecule has 0 spiro atoms. The van der Waals surface area contributed by atoms with Gasteiger partial charge in [0, 0.05) is 13.1 Å². The fraction of sp³-hybridized carbons (Fsp3) is 0.438. The van der Waals surface area contributed by atoms with Gasteiger partial charge in [-0.05, 0) is 42.3 Å². The molecule has 0 radical (unpaired) electrons. The van der Waals surface area contributed by atoms with Gasteiger partial charge in [-0.15, -0.1) is 5.10 Å². The average molecular weight is 344 g/mol. The molecule has 24 heavy (non-hydrogen) atoms. The van der Waals surface area contributed by atoms with E-state index in [0.717, 1.165) is 16.8 Å².